The van der Waals surface area contributed by atoms with Crippen molar-refractivity contribution in [3.63, 3.8) is 0 Å². The summed E-state index contributed by atoms with van der Waals surface area (Å²) in [4.78, 5) is 14.5. The first-order chi connectivity index (χ1) is 18.6. The predicted octanol–water partition coefficient (Wildman–Crippen LogP) is 4.09. The fourth-order valence-corrected chi connectivity index (χ4v) is 6.50. The zero-order chi connectivity index (χ0) is 28.4. The van der Waals surface area contributed by atoms with E-state index in [1.807, 2.05) is 6.07 Å². The number of nitrogens with zero attached hydrogens (tertiary/aromatic N) is 2. The summed E-state index contributed by atoms with van der Waals surface area (Å²) < 4.78 is 50.8. The molecule has 1 N–H and O–H groups in total. The van der Waals surface area contributed by atoms with Crippen LogP contribution in [0.4, 0.5) is 4.39 Å². The van der Waals surface area contributed by atoms with Crippen LogP contribution in [-0.4, -0.2) is 78.1 Å². The number of hydrogen-bond donors (Lipinski definition) is 1. The number of rotatable bonds is 14. The number of halogens is 1. The Morgan fingerprint density at radius 1 is 1.08 bits per heavy atom. The second-order valence-electron chi connectivity index (χ2n) is 10.4. The van der Waals surface area contributed by atoms with E-state index < -0.39 is 10.0 Å². The van der Waals surface area contributed by atoms with Crippen molar-refractivity contribution < 1.29 is 27.1 Å². The lowest BCUT2D eigenvalue weighted by atomic mass is 9.75. The van der Waals surface area contributed by atoms with Crippen molar-refractivity contribution in [1.29, 1.82) is 0 Å². The maximum absolute atomic E-state index is 13.8. The number of benzene rings is 2. The van der Waals surface area contributed by atoms with E-state index in [4.69, 9.17) is 9.47 Å². The van der Waals surface area contributed by atoms with Gasteiger partial charge in [-0.3, -0.25) is 4.79 Å². The second-order valence-corrected chi connectivity index (χ2v) is 12.5. The number of sulfonamides is 1. The highest BCUT2D eigenvalue weighted by molar-refractivity contribution is 7.89. The molecule has 1 aliphatic rings. The first-order valence-electron chi connectivity index (χ1n) is 13.5. The molecule has 1 amide bonds. The minimum absolute atomic E-state index is 0.110. The Morgan fingerprint density at radius 2 is 1.77 bits per heavy atom. The molecule has 1 aliphatic carbocycles. The lowest BCUT2D eigenvalue weighted by Gasteiger charge is -2.37. The molecular weight excluding hydrogens is 521 g/mol. The van der Waals surface area contributed by atoms with Crippen LogP contribution in [0.5, 0.6) is 5.75 Å². The van der Waals surface area contributed by atoms with E-state index in [0.29, 0.717) is 24.1 Å². The molecule has 1 saturated carbocycles. The van der Waals surface area contributed by atoms with Crippen molar-refractivity contribution >= 4 is 15.9 Å². The fourth-order valence-electron chi connectivity index (χ4n) is 5.35. The Labute approximate surface area is 232 Å². The van der Waals surface area contributed by atoms with Gasteiger partial charge in [0.2, 0.25) is 15.9 Å². The highest BCUT2D eigenvalue weighted by Crippen LogP contribution is 2.40. The SMILES string of the molecule is COc1ccc(S(=O)(=O)N(C)CCOCC(=O)NCCC2CCC(C(c3cccc(F)c3)N(C)C)CC2)cc1. The molecule has 3 rings (SSSR count). The fraction of sp³-hybridized carbons (Fsp3) is 0.552. The average Bonchev–Trinajstić information content (AvgIpc) is 2.92. The van der Waals surface area contributed by atoms with E-state index in [0.717, 1.165) is 37.7 Å². The molecule has 39 heavy (non-hydrogen) atoms. The number of likely N-dealkylation sites (N-methyl/N-ethyl adjacent to an activating group) is 1. The van der Waals surface area contributed by atoms with Crippen LogP contribution in [0.3, 0.4) is 0 Å². The van der Waals surface area contributed by atoms with Gasteiger partial charge in [0.15, 0.2) is 0 Å². The van der Waals surface area contributed by atoms with Gasteiger partial charge in [-0.25, -0.2) is 12.8 Å². The Hall–Kier alpha value is -2.53. The molecule has 0 radical (unpaired) electrons. The molecule has 10 heteroatoms. The Balaban J connectivity index is 1.32. The van der Waals surface area contributed by atoms with Crippen LogP contribution < -0.4 is 10.1 Å². The van der Waals surface area contributed by atoms with E-state index in [-0.39, 0.29) is 42.4 Å². The highest BCUT2D eigenvalue weighted by Gasteiger charge is 2.30. The molecule has 1 fully saturated rings. The zero-order valence-corrected chi connectivity index (χ0v) is 24.3. The van der Waals surface area contributed by atoms with E-state index >= 15 is 0 Å². The highest BCUT2D eigenvalue weighted by atomic mass is 32.2. The Morgan fingerprint density at radius 3 is 2.38 bits per heavy atom. The second kappa shape index (κ2) is 14.7. The van der Waals surface area contributed by atoms with Gasteiger partial charge in [0.1, 0.15) is 18.2 Å². The summed E-state index contributed by atoms with van der Waals surface area (Å²) in [6, 6.07) is 13.3. The van der Waals surface area contributed by atoms with Gasteiger partial charge in [-0.05, 0) is 87.2 Å². The first-order valence-corrected chi connectivity index (χ1v) is 14.9. The number of ether oxygens (including phenoxy) is 2. The van der Waals surface area contributed by atoms with Crippen molar-refractivity contribution in [3.8, 4) is 5.75 Å². The Kier molecular flexibility index (Phi) is 11.7. The Bertz CT molecular complexity index is 1150. The standard InChI is InChI=1S/C29H42FN3O5S/c1-32(2)29(24-6-5-7-25(30)20-24)23-10-8-22(9-11-23)16-17-31-28(34)21-38-19-18-33(3)39(35,36)27-14-12-26(37-4)13-15-27/h5-7,12-15,20,22-23,29H,8-11,16-19,21H2,1-4H3,(H,31,34). The summed E-state index contributed by atoms with van der Waals surface area (Å²) in [6.45, 7) is 0.724. The monoisotopic (exact) mass is 563 g/mol. The van der Waals surface area contributed by atoms with Gasteiger partial charge in [-0.15, -0.1) is 0 Å². The van der Waals surface area contributed by atoms with Gasteiger partial charge in [-0.2, -0.15) is 4.31 Å². The third kappa shape index (κ3) is 8.99. The van der Waals surface area contributed by atoms with Gasteiger partial charge in [0.05, 0.1) is 18.6 Å². The molecule has 0 spiro atoms. The molecular formula is C29H42FN3O5S. The summed E-state index contributed by atoms with van der Waals surface area (Å²) in [7, 11) is 3.46. The summed E-state index contributed by atoms with van der Waals surface area (Å²) in [5.74, 6) is 1.21. The molecule has 8 nitrogen and oxygen atoms in total. The predicted molar refractivity (Wildman–Crippen MR) is 150 cm³/mol. The summed E-state index contributed by atoms with van der Waals surface area (Å²) in [5, 5.41) is 2.91. The van der Waals surface area contributed by atoms with Gasteiger partial charge < -0.3 is 19.7 Å². The lowest BCUT2D eigenvalue weighted by molar-refractivity contribution is -0.125. The molecule has 0 aromatic heterocycles. The minimum Gasteiger partial charge on any atom is -0.497 e. The third-order valence-corrected chi connectivity index (χ3v) is 9.38. The quantitative estimate of drug-likeness (QED) is 0.349. The van der Waals surface area contributed by atoms with Crippen LogP contribution in [0.15, 0.2) is 53.4 Å². The number of methoxy groups -OCH3 is 1. The first kappa shape index (κ1) is 31.0. The van der Waals surface area contributed by atoms with Crippen molar-refractivity contribution in [3.05, 3.63) is 59.9 Å². The van der Waals surface area contributed by atoms with Gasteiger partial charge in [-0.1, -0.05) is 25.0 Å². The van der Waals surface area contributed by atoms with Crippen LogP contribution in [0.1, 0.15) is 43.7 Å². The van der Waals surface area contributed by atoms with Gasteiger partial charge >= 0.3 is 0 Å². The largest absolute Gasteiger partial charge is 0.497 e. The van der Waals surface area contributed by atoms with Crippen LogP contribution in [0.25, 0.3) is 0 Å². The smallest absolute Gasteiger partial charge is 0.245 e. The number of nitrogens with one attached hydrogen (secondary N) is 1. The van der Waals surface area contributed by atoms with Crippen LogP contribution in [0.2, 0.25) is 0 Å². The third-order valence-electron chi connectivity index (χ3n) is 7.51. The van der Waals surface area contributed by atoms with E-state index in [1.54, 1.807) is 24.3 Å². The lowest BCUT2D eigenvalue weighted by Crippen LogP contribution is -2.34. The van der Waals surface area contributed by atoms with Crippen molar-refractivity contribution in [2.45, 2.75) is 43.0 Å². The van der Waals surface area contributed by atoms with Crippen molar-refractivity contribution in [1.82, 2.24) is 14.5 Å². The van der Waals surface area contributed by atoms with E-state index in [9.17, 15) is 17.6 Å². The summed E-state index contributed by atoms with van der Waals surface area (Å²) in [6.07, 6.45) is 5.24. The molecule has 1 atom stereocenters. The van der Waals surface area contributed by atoms with Crippen LogP contribution in [-0.2, 0) is 19.6 Å². The number of hydrogen-bond acceptors (Lipinski definition) is 6. The molecule has 2 aromatic rings. The van der Waals surface area contributed by atoms with E-state index in [1.165, 1.54) is 36.7 Å². The molecule has 0 saturated heterocycles. The van der Waals surface area contributed by atoms with Gasteiger partial charge in [0.25, 0.3) is 0 Å². The molecule has 2 aromatic carbocycles. The average molecular weight is 564 g/mol. The topological polar surface area (TPSA) is 88.2 Å². The number of amides is 1. The molecule has 216 valence electrons. The van der Waals surface area contributed by atoms with Crippen molar-refractivity contribution in [2.75, 3.05) is 54.6 Å². The summed E-state index contributed by atoms with van der Waals surface area (Å²) >= 11 is 0. The number of carbonyl (C=O) groups is 1. The van der Waals surface area contributed by atoms with Crippen LogP contribution in [0, 0.1) is 17.7 Å². The zero-order valence-electron chi connectivity index (χ0n) is 23.4. The van der Waals surface area contributed by atoms with Gasteiger partial charge in [0, 0.05) is 26.2 Å². The maximum atomic E-state index is 13.8. The van der Waals surface area contributed by atoms with Crippen LogP contribution >= 0.6 is 0 Å². The van der Waals surface area contributed by atoms with Crippen molar-refractivity contribution in [2.24, 2.45) is 11.8 Å². The normalized spacial score (nSPS) is 18.7. The minimum atomic E-state index is -3.65. The molecule has 0 heterocycles. The summed E-state index contributed by atoms with van der Waals surface area (Å²) in [5.41, 5.74) is 1.03. The van der Waals surface area contributed by atoms with E-state index in [2.05, 4.69) is 24.3 Å². The molecule has 0 aliphatic heterocycles. The molecule has 1 unspecified atom stereocenters. The maximum Gasteiger partial charge on any atom is 0.245 e. The number of carbonyl (C=O) groups excluding carboxylic acids is 1. The molecule has 0 bridgehead atoms.